The minimum absolute atomic E-state index is 0.307. The van der Waals surface area contributed by atoms with E-state index in [1.807, 2.05) is 0 Å². The van der Waals surface area contributed by atoms with Gasteiger partial charge in [-0.05, 0) is 38.5 Å². The van der Waals surface area contributed by atoms with Gasteiger partial charge in [-0.15, -0.1) is 11.6 Å². The molecule has 1 aliphatic rings. The van der Waals surface area contributed by atoms with Gasteiger partial charge in [-0.3, -0.25) is 9.59 Å². The molecular weight excluding hydrogens is 242 g/mol. The van der Waals surface area contributed by atoms with Crippen molar-refractivity contribution < 1.29 is 14.3 Å². The molecule has 1 aliphatic carbocycles. The fourth-order valence-electron chi connectivity index (χ4n) is 2.15. The van der Waals surface area contributed by atoms with Crippen LogP contribution in [0.5, 0.6) is 0 Å². The van der Waals surface area contributed by atoms with Crippen LogP contribution in [0.15, 0.2) is 0 Å². The summed E-state index contributed by atoms with van der Waals surface area (Å²) in [7, 11) is 0. The SMILES string of the molecule is NC(=O)C1(OC(=O)CCCCCl)CCCCC1. The van der Waals surface area contributed by atoms with E-state index in [0.717, 1.165) is 25.7 Å². The Morgan fingerprint density at radius 1 is 1.18 bits per heavy atom. The van der Waals surface area contributed by atoms with E-state index in [1.54, 1.807) is 0 Å². The summed E-state index contributed by atoms with van der Waals surface area (Å²) in [5.41, 5.74) is 4.32. The van der Waals surface area contributed by atoms with Gasteiger partial charge in [-0.25, -0.2) is 0 Å². The molecule has 0 saturated heterocycles. The van der Waals surface area contributed by atoms with E-state index in [9.17, 15) is 9.59 Å². The van der Waals surface area contributed by atoms with Crippen molar-refractivity contribution >= 4 is 23.5 Å². The van der Waals surface area contributed by atoms with E-state index in [2.05, 4.69) is 0 Å². The first kappa shape index (κ1) is 14.3. The molecule has 0 unspecified atom stereocenters. The predicted molar refractivity (Wildman–Crippen MR) is 65.7 cm³/mol. The van der Waals surface area contributed by atoms with Gasteiger partial charge < -0.3 is 10.5 Å². The summed E-state index contributed by atoms with van der Waals surface area (Å²) in [6, 6.07) is 0. The quantitative estimate of drug-likeness (QED) is 0.452. The number of halogens is 1. The van der Waals surface area contributed by atoms with Crippen molar-refractivity contribution in [3.8, 4) is 0 Å². The molecule has 2 N–H and O–H groups in total. The topological polar surface area (TPSA) is 69.4 Å². The normalized spacial score (nSPS) is 18.6. The molecule has 0 aromatic carbocycles. The highest BCUT2D eigenvalue weighted by molar-refractivity contribution is 6.17. The van der Waals surface area contributed by atoms with Crippen LogP contribution in [0, 0.1) is 0 Å². The zero-order valence-electron chi connectivity index (χ0n) is 10.0. The Morgan fingerprint density at radius 3 is 2.35 bits per heavy atom. The van der Waals surface area contributed by atoms with Crippen LogP contribution in [0.4, 0.5) is 0 Å². The second-order valence-corrected chi connectivity index (χ2v) is 4.92. The minimum atomic E-state index is -1.05. The second-order valence-electron chi connectivity index (χ2n) is 4.54. The molecule has 1 fully saturated rings. The number of alkyl halides is 1. The summed E-state index contributed by atoms with van der Waals surface area (Å²) < 4.78 is 5.33. The Balaban J connectivity index is 2.48. The first-order valence-corrected chi connectivity index (χ1v) is 6.72. The van der Waals surface area contributed by atoms with Crippen molar-refractivity contribution in [2.24, 2.45) is 5.73 Å². The van der Waals surface area contributed by atoms with E-state index in [-0.39, 0.29) is 5.97 Å². The average molecular weight is 262 g/mol. The molecule has 4 nitrogen and oxygen atoms in total. The van der Waals surface area contributed by atoms with Gasteiger partial charge in [0.2, 0.25) is 0 Å². The molecule has 0 bridgehead atoms. The predicted octanol–water partition coefficient (Wildman–Crippen LogP) is 2.13. The fourth-order valence-corrected chi connectivity index (χ4v) is 2.34. The highest BCUT2D eigenvalue weighted by Gasteiger charge is 2.41. The molecule has 0 radical (unpaired) electrons. The number of ether oxygens (including phenoxy) is 1. The van der Waals surface area contributed by atoms with Gasteiger partial charge in [-0.1, -0.05) is 6.42 Å². The molecule has 1 rings (SSSR count). The van der Waals surface area contributed by atoms with Crippen LogP contribution in [0.2, 0.25) is 0 Å². The highest BCUT2D eigenvalue weighted by Crippen LogP contribution is 2.31. The number of hydrogen-bond acceptors (Lipinski definition) is 3. The van der Waals surface area contributed by atoms with Crippen LogP contribution in [0.1, 0.15) is 51.4 Å². The maximum atomic E-state index is 11.6. The number of rotatable bonds is 6. The molecule has 5 heteroatoms. The second kappa shape index (κ2) is 6.84. The minimum Gasteiger partial charge on any atom is -0.449 e. The summed E-state index contributed by atoms with van der Waals surface area (Å²) in [5.74, 6) is -0.312. The Kier molecular flexibility index (Phi) is 5.75. The number of amides is 1. The van der Waals surface area contributed by atoms with Gasteiger partial charge in [-0.2, -0.15) is 0 Å². The van der Waals surface area contributed by atoms with Crippen LogP contribution in [-0.4, -0.2) is 23.4 Å². The molecular formula is C12H20ClNO3. The van der Waals surface area contributed by atoms with Gasteiger partial charge in [0.25, 0.3) is 5.91 Å². The lowest BCUT2D eigenvalue weighted by Crippen LogP contribution is -2.49. The molecule has 0 aliphatic heterocycles. The Labute approximate surface area is 107 Å². The third kappa shape index (κ3) is 4.19. The Hall–Kier alpha value is -0.770. The number of hydrogen-bond donors (Lipinski definition) is 1. The zero-order valence-corrected chi connectivity index (χ0v) is 10.8. The van der Waals surface area contributed by atoms with Crippen molar-refractivity contribution in [1.82, 2.24) is 0 Å². The monoisotopic (exact) mass is 261 g/mol. The van der Waals surface area contributed by atoms with E-state index < -0.39 is 11.5 Å². The summed E-state index contributed by atoms with van der Waals surface area (Å²) >= 11 is 5.53. The molecule has 98 valence electrons. The Bertz CT molecular complexity index is 275. The molecule has 0 atom stereocenters. The van der Waals surface area contributed by atoms with Gasteiger partial charge in [0.05, 0.1) is 0 Å². The lowest BCUT2D eigenvalue weighted by atomic mass is 9.84. The summed E-state index contributed by atoms with van der Waals surface area (Å²) in [5, 5.41) is 0. The fraction of sp³-hybridized carbons (Fsp3) is 0.833. The van der Waals surface area contributed by atoms with Gasteiger partial charge >= 0.3 is 5.97 Å². The molecule has 0 aromatic heterocycles. The van der Waals surface area contributed by atoms with Crippen molar-refractivity contribution in [3.05, 3.63) is 0 Å². The zero-order chi connectivity index (χ0) is 12.7. The van der Waals surface area contributed by atoms with Crippen LogP contribution in [0.25, 0.3) is 0 Å². The maximum absolute atomic E-state index is 11.6. The number of unbranched alkanes of at least 4 members (excludes halogenated alkanes) is 1. The molecule has 1 saturated carbocycles. The molecule has 1 amide bonds. The number of primary amides is 1. The highest BCUT2D eigenvalue weighted by atomic mass is 35.5. The number of esters is 1. The van der Waals surface area contributed by atoms with E-state index in [1.165, 1.54) is 0 Å². The van der Waals surface area contributed by atoms with E-state index >= 15 is 0 Å². The van der Waals surface area contributed by atoms with E-state index in [4.69, 9.17) is 22.1 Å². The average Bonchev–Trinajstić information content (AvgIpc) is 2.30. The van der Waals surface area contributed by atoms with Crippen LogP contribution < -0.4 is 5.73 Å². The molecule has 0 heterocycles. The van der Waals surface area contributed by atoms with Gasteiger partial charge in [0, 0.05) is 12.3 Å². The summed E-state index contributed by atoms with van der Waals surface area (Å²) in [6.07, 6.45) is 5.74. The van der Waals surface area contributed by atoms with Gasteiger partial charge in [0.1, 0.15) is 0 Å². The van der Waals surface area contributed by atoms with Gasteiger partial charge in [0.15, 0.2) is 5.60 Å². The van der Waals surface area contributed by atoms with Crippen molar-refractivity contribution in [3.63, 3.8) is 0 Å². The summed E-state index contributed by atoms with van der Waals surface area (Å²) in [4.78, 5) is 23.1. The first-order chi connectivity index (χ1) is 8.10. The largest absolute Gasteiger partial charge is 0.449 e. The van der Waals surface area contributed by atoms with Crippen LogP contribution in [0.3, 0.4) is 0 Å². The summed E-state index contributed by atoms with van der Waals surface area (Å²) in [6.45, 7) is 0. The van der Waals surface area contributed by atoms with Crippen LogP contribution in [-0.2, 0) is 14.3 Å². The third-order valence-corrected chi connectivity index (χ3v) is 3.45. The number of carbonyl (C=O) groups is 2. The van der Waals surface area contributed by atoms with Crippen molar-refractivity contribution in [1.29, 1.82) is 0 Å². The van der Waals surface area contributed by atoms with Crippen LogP contribution >= 0.6 is 11.6 Å². The first-order valence-electron chi connectivity index (χ1n) is 6.18. The van der Waals surface area contributed by atoms with Crippen molar-refractivity contribution in [2.75, 3.05) is 5.88 Å². The smallest absolute Gasteiger partial charge is 0.306 e. The number of carbonyl (C=O) groups excluding carboxylic acids is 2. The maximum Gasteiger partial charge on any atom is 0.306 e. The van der Waals surface area contributed by atoms with E-state index in [0.29, 0.717) is 31.6 Å². The molecule has 0 aromatic rings. The Morgan fingerprint density at radius 2 is 1.82 bits per heavy atom. The lowest BCUT2D eigenvalue weighted by Gasteiger charge is -2.33. The van der Waals surface area contributed by atoms with Crippen molar-refractivity contribution in [2.45, 2.75) is 57.0 Å². The standard InChI is InChI=1S/C12H20ClNO3/c13-9-5-2-6-10(15)17-12(11(14)16)7-3-1-4-8-12/h1-9H2,(H2,14,16). The third-order valence-electron chi connectivity index (χ3n) is 3.18. The molecule has 17 heavy (non-hydrogen) atoms. The lowest BCUT2D eigenvalue weighted by molar-refractivity contribution is -0.171. The number of nitrogens with two attached hydrogens (primary N) is 1. The molecule has 0 spiro atoms.